The van der Waals surface area contributed by atoms with E-state index in [1.807, 2.05) is 47.7 Å². The molecule has 294 valence electrons. The third kappa shape index (κ3) is 5.73. The van der Waals surface area contributed by atoms with Crippen molar-refractivity contribution in [1.29, 1.82) is 0 Å². The predicted molar refractivity (Wildman–Crippen MR) is 262 cm³/mol. The van der Waals surface area contributed by atoms with Crippen LogP contribution >= 0.6 is 11.3 Å². The SMILES string of the molecule is c1ccc(-c2ccc3c(c2)c2ccccc2n3-c2c(-c3nc(-c4ccccc4)nc(-c4ccccc4)n3)ccc3oc4cccc(-c5ccc6sc7ccccc7c6c5)c4c23)cc1. The van der Waals surface area contributed by atoms with E-state index < -0.39 is 0 Å². The zero-order chi connectivity index (χ0) is 41.4. The van der Waals surface area contributed by atoms with Crippen LogP contribution in [0.4, 0.5) is 0 Å². The normalized spacial score (nSPS) is 11.8. The quantitative estimate of drug-likeness (QED) is 0.168. The first-order valence-corrected chi connectivity index (χ1v) is 21.9. The summed E-state index contributed by atoms with van der Waals surface area (Å²) in [5.41, 5.74) is 11.9. The van der Waals surface area contributed by atoms with Gasteiger partial charge in [-0.15, -0.1) is 11.3 Å². The highest BCUT2D eigenvalue weighted by Gasteiger charge is 2.26. The van der Waals surface area contributed by atoms with E-state index in [0.717, 1.165) is 82.8 Å². The van der Waals surface area contributed by atoms with Gasteiger partial charge < -0.3 is 8.98 Å². The number of rotatable bonds is 6. The first-order chi connectivity index (χ1) is 31.2. The first kappa shape index (κ1) is 35.6. The largest absolute Gasteiger partial charge is 0.456 e. The number of fused-ring (bicyclic) bond motifs is 9. The Hall–Kier alpha value is -8.19. The molecule has 13 rings (SSSR count). The summed E-state index contributed by atoms with van der Waals surface area (Å²) >= 11 is 1.83. The van der Waals surface area contributed by atoms with Crippen LogP contribution in [0.3, 0.4) is 0 Å². The number of furan rings is 1. The van der Waals surface area contributed by atoms with Gasteiger partial charge in [-0.25, -0.2) is 15.0 Å². The molecule has 5 nitrogen and oxygen atoms in total. The number of hydrogen-bond acceptors (Lipinski definition) is 5. The van der Waals surface area contributed by atoms with Crippen molar-refractivity contribution < 1.29 is 4.42 Å². The molecule has 63 heavy (non-hydrogen) atoms. The average Bonchev–Trinajstić information content (AvgIpc) is 4.04. The van der Waals surface area contributed by atoms with Crippen molar-refractivity contribution >= 4 is 75.3 Å². The van der Waals surface area contributed by atoms with Crippen LogP contribution in [0.2, 0.25) is 0 Å². The summed E-state index contributed by atoms with van der Waals surface area (Å²) in [5.74, 6) is 1.79. The van der Waals surface area contributed by atoms with E-state index in [1.165, 1.54) is 25.7 Å². The average molecular weight is 823 g/mol. The first-order valence-electron chi connectivity index (χ1n) is 21.1. The lowest BCUT2D eigenvalue weighted by atomic mass is 9.96. The van der Waals surface area contributed by atoms with Crippen molar-refractivity contribution in [2.75, 3.05) is 0 Å². The minimum absolute atomic E-state index is 0.574. The minimum Gasteiger partial charge on any atom is -0.456 e. The van der Waals surface area contributed by atoms with Crippen molar-refractivity contribution in [3.05, 3.63) is 206 Å². The number of thiophene rings is 1. The van der Waals surface area contributed by atoms with Gasteiger partial charge in [-0.2, -0.15) is 0 Å². The van der Waals surface area contributed by atoms with Crippen LogP contribution in [0.1, 0.15) is 0 Å². The van der Waals surface area contributed by atoms with Crippen LogP contribution in [0.15, 0.2) is 211 Å². The molecule has 0 aliphatic carbocycles. The molecule has 0 aliphatic rings. The van der Waals surface area contributed by atoms with Gasteiger partial charge in [0.25, 0.3) is 0 Å². The molecular weight excluding hydrogens is 789 g/mol. The smallest absolute Gasteiger partial charge is 0.166 e. The van der Waals surface area contributed by atoms with E-state index in [4.69, 9.17) is 19.4 Å². The molecular formula is C57H34N4OS. The van der Waals surface area contributed by atoms with Gasteiger partial charge in [-0.1, -0.05) is 152 Å². The number of nitrogens with zero attached hydrogens (tertiary/aromatic N) is 4. The maximum absolute atomic E-state index is 6.91. The lowest BCUT2D eigenvalue weighted by Gasteiger charge is -2.17. The van der Waals surface area contributed by atoms with Gasteiger partial charge in [0.15, 0.2) is 17.5 Å². The summed E-state index contributed by atoms with van der Waals surface area (Å²) in [6.07, 6.45) is 0. The van der Waals surface area contributed by atoms with Crippen molar-refractivity contribution in [2.24, 2.45) is 0 Å². The second-order valence-electron chi connectivity index (χ2n) is 15.9. The summed E-state index contributed by atoms with van der Waals surface area (Å²) in [6.45, 7) is 0. The Kier molecular flexibility index (Phi) is 8.01. The molecule has 0 saturated heterocycles. The topological polar surface area (TPSA) is 56.7 Å². The third-order valence-electron chi connectivity index (χ3n) is 12.3. The van der Waals surface area contributed by atoms with Crippen LogP contribution < -0.4 is 0 Å². The Labute approximate surface area is 365 Å². The lowest BCUT2D eigenvalue weighted by Crippen LogP contribution is -2.04. The molecule has 0 N–H and O–H groups in total. The predicted octanol–water partition coefficient (Wildman–Crippen LogP) is 15.6. The van der Waals surface area contributed by atoms with Crippen LogP contribution in [0.5, 0.6) is 0 Å². The standard InChI is InChI=1S/C57H34N4OS/c1-4-15-35(16-5-1)38-27-30-47-44(33-38)41-21-10-12-24-46(41)61(47)54-43(57-59-55(36-17-6-2-7-18-36)58-56(60-57)37-19-8-3-9-20-37)29-31-49-53(54)52-40(23-14-25-48(52)62-49)39-28-32-51-45(34-39)42-22-11-13-26-50(42)63-51/h1-34H. The summed E-state index contributed by atoms with van der Waals surface area (Å²) in [7, 11) is 0. The van der Waals surface area contributed by atoms with Crippen LogP contribution in [0, 0.1) is 0 Å². The zero-order valence-corrected chi connectivity index (χ0v) is 34.6. The highest BCUT2D eigenvalue weighted by Crippen LogP contribution is 2.47. The van der Waals surface area contributed by atoms with Crippen LogP contribution in [0.25, 0.3) is 126 Å². The molecule has 0 aliphatic heterocycles. The summed E-state index contributed by atoms with van der Waals surface area (Å²) < 4.78 is 11.9. The lowest BCUT2D eigenvalue weighted by molar-refractivity contribution is 0.669. The van der Waals surface area contributed by atoms with E-state index in [-0.39, 0.29) is 0 Å². The van der Waals surface area contributed by atoms with E-state index in [1.54, 1.807) is 0 Å². The maximum Gasteiger partial charge on any atom is 0.166 e. The molecule has 4 aromatic heterocycles. The van der Waals surface area contributed by atoms with Gasteiger partial charge in [0.2, 0.25) is 0 Å². The number of aromatic nitrogens is 4. The molecule has 0 radical (unpaired) electrons. The van der Waals surface area contributed by atoms with Crippen LogP contribution in [-0.4, -0.2) is 19.5 Å². The maximum atomic E-state index is 6.91. The monoisotopic (exact) mass is 822 g/mol. The molecule has 9 aromatic carbocycles. The molecule has 4 heterocycles. The van der Waals surface area contributed by atoms with Crippen molar-refractivity contribution in [3.8, 4) is 62.1 Å². The van der Waals surface area contributed by atoms with Gasteiger partial charge >= 0.3 is 0 Å². The summed E-state index contributed by atoms with van der Waals surface area (Å²) in [6, 6.07) is 72.6. The Bertz CT molecular complexity index is 3850. The summed E-state index contributed by atoms with van der Waals surface area (Å²) in [5, 5.41) is 6.86. The highest BCUT2D eigenvalue weighted by molar-refractivity contribution is 7.25. The Balaban J connectivity index is 1.17. The second-order valence-corrected chi connectivity index (χ2v) is 17.0. The van der Waals surface area contributed by atoms with Crippen molar-refractivity contribution in [1.82, 2.24) is 19.5 Å². The molecule has 0 amide bonds. The van der Waals surface area contributed by atoms with E-state index in [0.29, 0.717) is 17.5 Å². The van der Waals surface area contributed by atoms with Gasteiger partial charge in [0, 0.05) is 53.0 Å². The van der Waals surface area contributed by atoms with E-state index in [9.17, 15) is 0 Å². The van der Waals surface area contributed by atoms with E-state index >= 15 is 0 Å². The number of benzene rings is 9. The Morgan fingerprint density at radius 2 is 0.937 bits per heavy atom. The van der Waals surface area contributed by atoms with Gasteiger partial charge in [-0.05, 0) is 76.9 Å². The molecule has 13 aromatic rings. The van der Waals surface area contributed by atoms with Crippen molar-refractivity contribution in [3.63, 3.8) is 0 Å². The van der Waals surface area contributed by atoms with Crippen LogP contribution in [-0.2, 0) is 0 Å². The molecule has 0 bridgehead atoms. The van der Waals surface area contributed by atoms with Gasteiger partial charge in [-0.3, -0.25) is 0 Å². The third-order valence-corrected chi connectivity index (χ3v) is 13.4. The zero-order valence-electron chi connectivity index (χ0n) is 33.7. The fourth-order valence-corrected chi connectivity index (χ4v) is 10.5. The number of hydrogen-bond donors (Lipinski definition) is 0. The fraction of sp³-hybridized carbons (Fsp3) is 0. The molecule has 0 spiro atoms. The minimum atomic E-state index is 0.574. The molecule has 0 atom stereocenters. The molecule has 0 unspecified atom stereocenters. The molecule has 6 heteroatoms. The fourth-order valence-electron chi connectivity index (χ4n) is 9.39. The van der Waals surface area contributed by atoms with Crippen molar-refractivity contribution in [2.45, 2.75) is 0 Å². The Morgan fingerprint density at radius 1 is 0.349 bits per heavy atom. The van der Waals surface area contributed by atoms with E-state index in [2.05, 4.69) is 174 Å². The Morgan fingerprint density at radius 3 is 1.70 bits per heavy atom. The number of para-hydroxylation sites is 1. The van der Waals surface area contributed by atoms with Gasteiger partial charge in [0.1, 0.15) is 11.2 Å². The highest BCUT2D eigenvalue weighted by atomic mass is 32.1. The van der Waals surface area contributed by atoms with Gasteiger partial charge in [0.05, 0.1) is 22.1 Å². The molecule has 0 fully saturated rings. The molecule has 0 saturated carbocycles. The summed E-state index contributed by atoms with van der Waals surface area (Å²) in [4.78, 5) is 15.7. The second kappa shape index (κ2) is 14.2.